The van der Waals surface area contributed by atoms with E-state index in [0.717, 1.165) is 19.1 Å². The summed E-state index contributed by atoms with van der Waals surface area (Å²) < 4.78 is 5.69. The minimum absolute atomic E-state index is 0.125. The highest BCUT2D eigenvalue weighted by Gasteiger charge is 2.46. The Balaban J connectivity index is 2.15. The van der Waals surface area contributed by atoms with E-state index >= 15 is 0 Å². The van der Waals surface area contributed by atoms with Crippen LogP contribution in [0, 0.1) is 5.92 Å². The van der Waals surface area contributed by atoms with Gasteiger partial charge in [0.15, 0.2) is 0 Å². The van der Waals surface area contributed by atoms with Crippen LogP contribution in [0.4, 0.5) is 0 Å². The molecule has 0 unspecified atom stereocenters. The molecule has 1 saturated heterocycles. The van der Waals surface area contributed by atoms with Gasteiger partial charge in [0.1, 0.15) is 0 Å². The standard InChI is InChI=1S/C8H15NO/c9-6-8-4-1-2-7(8)3-5-10-8/h7H,1-6,9H2/t7-,8+/m0/s1. The van der Waals surface area contributed by atoms with Gasteiger partial charge in [-0.05, 0) is 25.2 Å². The molecule has 2 heteroatoms. The van der Waals surface area contributed by atoms with E-state index in [1.807, 2.05) is 0 Å². The Morgan fingerprint density at radius 3 is 3.10 bits per heavy atom. The summed E-state index contributed by atoms with van der Waals surface area (Å²) in [6.07, 6.45) is 5.12. The summed E-state index contributed by atoms with van der Waals surface area (Å²) in [4.78, 5) is 0. The summed E-state index contributed by atoms with van der Waals surface area (Å²) in [5, 5.41) is 0. The fraction of sp³-hybridized carbons (Fsp3) is 1.00. The lowest BCUT2D eigenvalue weighted by Gasteiger charge is -2.26. The molecule has 0 radical (unpaired) electrons. The Bertz CT molecular complexity index is 125. The van der Waals surface area contributed by atoms with Gasteiger partial charge >= 0.3 is 0 Å². The van der Waals surface area contributed by atoms with Crippen molar-refractivity contribution in [2.45, 2.75) is 31.3 Å². The van der Waals surface area contributed by atoms with E-state index in [0.29, 0.717) is 0 Å². The predicted octanol–water partition coefficient (Wildman–Crippen LogP) is 0.904. The molecular formula is C8H15NO. The predicted molar refractivity (Wildman–Crippen MR) is 39.7 cm³/mol. The molecule has 0 aromatic carbocycles. The largest absolute Gasteiger partial charge is 0.373 e. The van der Waals surface area contributed by atoms with Crippen LogP contribution >= 0.6 is 0 Å². The van der Waals surface area contributed by atoms with Crippen LogP contribution in [0.5, 0.6) is 0 Å². The zero-order valence-electron chi connectivity index (χ0n) is 6.31. The van der Waals surface area contributed by atoms with Crippen molar-refractivity contribution >= 4 is 0 Å². The van der Waals surface area contributed by atoms with E-state index in [2.05, 4.69) is 0 Å². The monoisotopic (exact) mass is 141 g/mol. The highest BCUT2D eigenvalue weighted by molar-refractivity contribution is 4.98. The van der Waals surface area contributed by atoms with Gasteiger partial charge in [0, 0.05) is 13.2 Å². The maximum Gasteiger partial charge on any atom is 0.0832 e. The van der Waals surface area contributed by atoms with E-state index < -0.39 is 0 Å². The first-order valence-electron chi connectivity index (χ1n) is 4.21. The minimum Gasteiger partial charge on any atom is -0.373 e. The number of ether oxygens (including phenoxy) is 1. The van der Waals surface area contributed by atoms with Gasteiger partial charge in [-0.15, -0.1) is 0 Å². The van der Waals surface area contributed by atoms with Crippen LogP contribution in [0.25, 0.3) is 0 Å². The molecular weight excluding hydrogens is 126 g/mol. The second kappa shape index (κ2) is 2.21. The summed E-state index contributed by atoms with van der Waals surface area (Å²) in [5.74, 6) is 0.789. The summed E-state index contributed by atoms with van der Waals surface area (Å²) in [6, 6.07) is 0. The number of hydrogen-bond acceptors (Lipinski definition) is 2. The van der Waals surface area contributed by atoms with Crippen molar-refractivity contribution < 1.29 is 4.74 Å². The molecule has 2 nitrogen and oxygen atoms in total. The first-order valence-corrected chi connectivity index (χ1v) is 4.21. The Hall–Kier alpha value is -0.0800. The Labute approximate surface area is 61.7 Å². The molecule has 0 bridgehead atoms. The molecule has 10 heavy (non-hydrogen) atoms. The van der Waals surface area contributed by atoms with Crippen LogP contribution in [0.1, 0.15) is 25.7 Å². The molecule has 2 fully saturated rings. The van der Waals surface area contributed by atoms with Gasteiger partial charge in [-0.25, -0.2) is 0 Å². The van der Waals surface area contributed by atoms with Gasteiger partial charge in [0.25, 0.3) is 0 Å². The van der Waals surface area contributed by atoms with Gasteiger partial charge in [-0.3, -0.25) is 0 Å². The van der Waals surface area contributed by atoms with Gasteiger partial charge in [-0.2, -0.15) is 0 Å². The minimum atomic E-state index is 0.125. The van der Waals surface area contributed by atoms with Crippen molar-refractivity contribution in [1.82, 2.24) is 0 Å². The summed E-state index contributed by atoms with van der Waals surface area (Å²) in [5.41, 5.74) is 5.81. The van der Waals surface area contributed by atoms with E-state index in [1.165, 1.54) is 25.7 Å². The molecule has 0 spiro atoms. The third-order valence-electron chi connectivity index (χ3n) is 3.10. The normalized spacial score (nSPS) is 45.9. The van der Waals surface area contributed by atoms with Crippen LogP contribution in [-0.4, -0.2) is 18.8 Å². The highest BCUT2D eigenvalue weighted by atomic mass is 16.5. The Morgan fingerprint density at radius 1 is 1.50 bits per heavy atom. The first kappa shape index (κ1) is 6.62. The van der Waals surface area contributed by atoms with Crippen LogP contribution in [0.2, 0.25) is 0 Å². The second-order valence-electron chi connectivity index (χ2n) is 3.50. The van der Waals surface area contributed by atoms with Crippen molar-refractivity contribution in [3.05, 3.63) is 0 Å². The molecule has 0 aromatic heterocycles. The molecule has 2 rings (SSSR count). The van der Waals surface area contributed by atoms with Gasteiger partial charge in [-0.1, -0.05) is 6.42 Å². The summed E-state index contributed by atoms with van der Waals surface area (Å²) >= 11 is 0. The first-order chi connectivity index (χ1) is 4.87. The average molecular weight is 141 g/mol. The van der Waals surface area contributed by atoms with Crippen LogP contribution in [-0.2, 0) is 4.74 Å². The average Bonchev–Trinajstić information content (AvgIpc) is 2.42. The smallest absolute Gasteiger partial charge is 0.0832 e. The Kier molecular flexibility index (Phi) is 1.46. The maximum atomic E-state index is 5.69. The molecule has 1 aliphatic carbocycles. The molecule has 2 atom stereocenters. The van der Waals surface area contributed by atoms with Crippen LogP contribution in [0.15, 0.2) is 0 Å². The molecule has 1 aliphatic heterocycles. The zero-order chi connectivity index (χ0) is 7.03. The molecule has 2 N–H and O–H groups in total. The van der Waals surface area contributed by atoms with Crippen LogP contribution in [0.3, 0.4) is 0 Å². The fourth-order valence-electron chi connectivity index (χ4n) is 2.44. The van der Waals surface area contributed by atoms with Crippen molar-refractivity contribution in [3.8, 4) is 0 Å². The Morgan fingerprint density at radius 2 is 2.40 bits per heavy atom. The molecule has 2 aliphatic rings. The molecule has 1 heterocycles. The number of nitrogens with two attached hydrogens (primary N) is 1. The van der Waals surface area contributed by atoms with E-state index in [-0.39, 0.29) is 5.60 Å². The van der Waals surface area contributed by atoms with Crippen LogP contribution < -0.4 is 5.73 Å². The third kappa shape index (κ3) is 0.722. The van der Waals surface area contributed by atoms with E-state index in [4.69, 9.17) is 10.5 Å². The molecule has 1 saturated carbocycles. The number of fused-ring (bicyclic) bond motifs is 1. The van der Waals surface area contributed by atoms with Gasteiger partial charge < -0.3 is 10.5 Å². The second-order valence-corrected chi connectivity index (χ2v) is 3.50. The highest BCUT2D eigenvalue weighted by Crippen LogP contribution is 2.44. The zero-order valence-corrected chi connectivity index (χ0v) is 6.31. The molecule has 0 amide bonds. The van der Waals surface area contributed by atoms with E-state index in [9.17, 15) is 0 Å². The lowest BCUT2D eigenvalue weighted by Crippen LogP contribution is -2.39. The fourth-order valence-corrected chi connectivity index (χ4v) is 2.44. The molecule has 0 aromatic rings. The topological polar surface area (TPSA) is 35.2 Å². The van der Waals surface area contributed by atoms with Crippen molar-refractivity contribution in [2.75, 3.05) is 13.2 Å². The van der Waals surface area contributed by atoms with E-state index in [1.54, 1.807) is 0 Å². The van der Waals surface area contributed by atoms with Crippen molar-refractivity contribution in [1.29, 1.82) is 0 Å². The quantitative estimate of drug-likeness (QED) is 0.589. The number of hydrogen-bond donors (Lipinski definition) is 1. The maximum absolute atomic E-state index is 5.69. The lowest BCUT2D eigenvalue weighted by atomic mass is 9.91. The number of rotatable bonds is 1. The van der Waals surface area contributed by atoms with Gasteiger partial charge in [0.05, 0.1) is 5.60 Å². The van der Waals surface area contributed by atoms with Crippen molar-refractivity contribution in [2.24, 2.45) is 11.7 Å². The third-order valence-corrected chi connectivity index (χ3v) is 3.10. The lowest BCUT2D eigenvalue weighted by molar-refractivity contribution is -0.000196. The molecule has 58 valence electrons. The summed E-state index contributed by atoms with van der Waals surface area (Å²) in [7, 11) is 0. The van der Waals surface area contributed by atoms with Crippen molar-refractivity contribution in [3.63, 3.8) is 0 Å². The SMILES string of the molecule is NC[C@]12CCC[C@H]1CCO2. The van der Waals surface area contributed by atoms with Gasteiger partial charge in [0.2, 0.25) is 0 Å². The summed E-state index contributed by atoms with van der Waals surface area (Å²) in [6.45, 7) is 1.68.